The van der Waals surface area contributed by atoms with Crippen molar-refractivity contribution in [3.63, 3.8) is 0 Å². The van der Waals surface area contributed by atoms with Crippen LogP contribution in [0.25, 0.3) is 0 Å². The Morgan fingerprint density at radius 2 is 2.00 bits per heavy atom. The van der Waals surface area contributed by atoms with Crippen molar-refractivity contribution < 1.29 is 14.3 Å². The molecule has 0 N–H and O–H groups in total. The van der Waals surface area contributed by atoms with Crippen LogP contribution in [0.15, 0.2) is 12.1 Å². The number of rotatable bonds is 2. The minimum atomic E-state index is 0.119. The van der Waals surface area contributed by atoms with Crippen LogP contribution in [0, 0.1) is 0 Å². The third-order valence-corrected chi connectivity index (χ3v) is 4.13. The van der Waals surface area contributed by atoms with Gasteiger partial charge in [-0.3, -0.25) is 4.79 Å². The molecule has 4 nitrogen and oxygen atoms in total. The lowest BCUT2D eigenvalue weighted by molar-refractivity contribution is -0.133. The van der Waals surface area contributed by atoms with Crippen molar-refractivity contribution in [2.75, 3.05) is 19.8 Å². The van der Waals surface area contributed by atoms with Gasteiger partial charge >= 0.3 is 0 Å². The van der Waals surface area contributed by atoms with Gasteiger partial charge in [-0.15, -0.1) is 0 Å². The average Bonchev–Trinajstić information content (AvgIpc) is 2.46. The summed E-state index contributed by atoms with van der Waals surface area (Å²) in [6, 6.07) is 4.26. The van der Waals surface area contributed by atoms with Crippen LogP contribution in [0.4, 0.5) is 0 Å². The summed E-state index contributed by atoms with van der Waals surface area (Å²) in [5.41, 5.74) is 2.48. The Labute approximate surface area is 119 Å². The van der Waals surface area contributed by atoms with Gasteiger partial charge in [0.2, 0.25) is 5.91 Å². The molecule has 1 atom stereocenters. The van der Waals surface area contributed by atoms with E-state index in [0.717, 1.165) is 30.9 Å². The summed E-state index contributed by atoms with van der Waals surface area (Å²) in [6.07, 6.45) is 2.42. The summed E-state index contributed by atoms with van der Waals surface area (Å²) < 4.78 is 11.3. The van der Waals surface area contributed by atoms with Crippen LogP contribution in [0.5, 0.6) is 11.5 Å². The smallest absolute Gasteiger partial charge is 0.223 e. The first kappa shape index (κ1) is 13.3. The molecule has 1 aromatic carbocycles. The van der Waals surface area contributed by atoms with Crippen molar-refractivity contribution in [1.82, 2.24) is 4.90 Å². The van der Waals surface area contributed by atoms with Gasteiger partial charge in [-0.25, -0.2) is 0 Å². The molecule has 1 unspecified atom stereocenters. The molecule has 4 heteroatoms. The van der Waals surface area contributed by atoms with E-state index in [0.29, 0.717) is 19.6 Å². The van der Waals surface area contributed by atoms with Gasteiger partial charge in [0, 0.05) is 13.0 Å². The maximum atomic E-state index is 12.2. The molecule has 1 aromatic rings. The number of carbonyl (C=O) groups is 1. The average molecular weight is 275 g/mol. The van der Waals surface area contributed by atoms with E-state index in [4.69, 9.17) is 9.47 Å². The van der Waals surface area contributed by atoms with E-state index >= 15 is 0 Å². The number of nitrogens with zero attached hydrogens (tertiary/aromatic N) is 1. The summed E-state index contributed by atoms with van der Waals surface area (Å²) >= 11 is 0. The fourth-order valence-electron chi connectivity index (χ4n) is 3.05. The minimum Gasteiger partial charge on any atom is -0.486 e. The van der Waals surface area contributed by atoms with Crippen molar-refractivity contribution >= 4 is 5.91 Å². The molecule has 0 bridgehead atoms. The second-order valence-corrected chi connectivity index (χ2v) is 5.46. The molecule has 2 aliphatic rings. The number of ether oxygens (including phenoxy) is 2. The van der Waals surface area contributed by atoms with Crippen molar-refractivity contribution in [1.29, 1.82) is 0 Å². The highest BCUT2D eigenvalue weighted by atomic mass is 16.6. The molecule has 20 heavy (non-hydrogen) atoms. The van der Waals surface area contributed by atoms with Crippen molar-refractivity contribution in [3.05, 3.63) is 23.3 Å². The highest BCUT2D eigenvalue weighted by molar-refractivity contribution is 5.77. The Morgan fingerprint density at radius 1 is 1.30 bits per heavy atom. The van der Waals surface area contributed by atoms with E-state index in [2.05, 4.69) is 19.1 Å². The quantitative estimate of drug-likeness (QED) is 0.833. The molecular formula is C16H21NO3. The lowest BCUT2D eigenvalue weighted by atomic mass is 9.92. The van der Waals surface area contributed by atoms with Gasteiger partial charge in [0.1, 0.15) is 13.2 Å². The summed E-state index contributed by atoms with van der Waals surface area (Å²) in [6.45, 7) is 6.15. The Bertz CT molecular complexity index is 527. The van der Waals surface area contributed by atoms with E-state index in [1.165, 1.54) is 11.1 Å². The largest absolute Gasteiger partial charge is 0.486 e. The van der Waals surface area contributed by atoms with Gasteiger partial charge in [0.25, 0.3) is 0 Å². The van der Waals surface area contributed by atoms with Crippen LogP contribution in [0.2, 0.25) is 0 Å². The van der Waals surface area contributed by atoms with Crippen LogP contribution in [-0.2, 0) is 11.2 Å². The second kappa shape index (κ2) is 5.35. The van der Waals surface area contributed by atoms with Crippen LogP contribution in [-0.4, -0.2) is 30.6 Å². The van der Waals surface area contributed by atoms with Gasteiger partial charge in [0.05, 0.1) is 6.04 Å². The highest BCUT2D eigenvalue weighted by Crippen LogP contribution is 2.39. The van der Waals surface area contributed by atoms with Crippen molar-refractivity contribution in [2.45, 2.75) is 39.2 Å². The standard InChI is InChI=1S/C16H21NO3/c1-3-4-16(18)17-6-5-12-9-14-15(20-8-7-19-14)10-13(12)11(17)2/h9-11H,3-8H2,1-2H3. The molecule has 1 amide bonds. The molecule has 0 aromatic heterocycles. The van der Waals surface area contributed by atoms with Crippen molar-refractivity contribution in [2.24, 2.45) is 0 Å². The maximum absolute atomic E-state index is 12.2. The summed E-state index contributed by atoms with van der Waals surface area (Å²) in [5.74, 6) is 1.91. The van der Waals surface area contributed by atoms with Crippen LogP contribution < -0.4 is 9.47 Å². The molecule has 0 spiro atoms. The Morgan fingerprint density at radius 3 is 2.70 bits per heavy atom. The predicted molar refractivity (Wildman–Crippen MR) is 76.2 cm³/mol. The van der Waals surface area contributed by atoms with Crippen LogP contribution in [0.1, 0.15) is 43.9 Å². The zero-order valence-corrected chi connectivity index (χ0v) is 12.1. The zero-order chi connectivity index (χ0) is 14.1. The number of carbonyl (C=O) groups excluding carboxylic acids is 1. The van der Waals surface area contributed by atoms with E-state index in [1.807, 2.05) is 11.8 Å². The number of benzene rings is 1. The first-order chi connectivity index (χ1) is 9.70. The number of amides is 1. The lowest BCUT2D eigenvalue weighted by Crippen LogP contribution is -2.38. The van der Waals surface area contributed by atoms with E-state index in [1.54, 1.807) is 0 Å². The summed E-state index contributed by atoms with van der Waals surface area (Å²) in [7, 11) is 0. The van der Waals surface area contributed by atoms with E-state index < -0.39 is 0 Å². The molecule has 108 valence electrons. The third-order valence-electron chi connectivity index (χ3n) is 4.13. The first-order valence-corrected chi connectivity index (χ1v) is 7.42. The molecule has 0 saturated carbocycles. The fourth-order valence-corrected chi connectivity index (χ4v) is 3.05. The van der Waals surface area contributed by atoms with Gasteiger partial charge in [-0.05, 0) is 43.0 Å². The molecule has 3 rings (SSSR count). The SMILES string of the molecule is CCCC(=O)N1CCc2cc3c(cc2C1C)OCCO3. The molecular weight excluding hydrogens is 254 g/mol. The normalized spacial score (nSPS) is 20.5. The van der Waals surface area contributed by atoms with Crippen LogP contribution in [0.3, 0.4) is 0 Å². The zero-order valence-electron chi connectivity index (χ0n) is 12.1. The van der Waals surface area contributed by atoms with Gasteiger partial charge in [0.15, 0.2) is 11.5 Å². The topological polar surface area (TPSA) is 38.8 Å². The molecule has 2 heterocycles. The first-order valence-electron chi connectivity index (χ1n) is 7.42. The van der Waals surface area contributed by atoms with E-state index in [9.17, 15) is 4.79 Å². The Balaban J connectivity index is 1.90. The maximum Gasteiger partial charge on any atom is 0.223 e. The molecule has 0 radical (unpaired) electrons. The lowest BCUT2D eigenvalue weighted by Gasteiger charge is -2.36. The molecule has 0 aliphatic carbocycles. The summed E-state index contributed by atoms with van der Waals surface area (Å²) in [5, 5.41) is 0. The van der Waals surface area contributed by atoms with Gasteiger partial charge in [-0.1, -0.05) is 6.92 Å². The van der Waals surface area contributed by atoms with Crippen LogP contribution >= 0.6 is 0 Å². The molecule has 2 aliphatic heterocycles. The van der Waals surface area contributed by atoms with Crippen molar-refractivity contribution in [3.8, 4) is 11.5 Å². The predicted octanol–water partition coefficient (Wildman–Crippen LogP) is 2.70. The number of fused-ring (bicyclic) bond motifs is 2. The van der Waals surface area contributed by atoms with Gasteiger partial charge < -0.3 is 14.4 Å². The molecule has 0 fully saturated rings. The fraction of sp³-hybridized carbons (Fsp3) is 0.562. The summed E-state index contributed by atoms with van der Waals surface area (Å²) in [4.78, 5) is 14.2. The number of hydrogen-bond donors (Lipinski definition) is 0. The van der Waals surface area contributed by atoms with Gasteiger partial charge in [-0.2, -0.15) is 0 Å². The van der Waals surface area contributed by atoms with E-state index in [-0.39, 0.29) is 11.9 Å². The minimum absolute atomic E-state index is 0.119. The highest BCUT2D eigenvalue weighted by Gasteiger charge is 2.29. The number of hydrogen-bond acceptors (Lipinski definition) is 3. The Hall–Kier alpha value is -1.71. The molecule has 0 saturated heterocycles. The monoisotopic (exact) mass is 275 g/mol. The third kappa shape index (κ3) is 2.23. The second-order valence-electron chi connectivity index (χ2n) is 5.46. The Kier molecular flexibility index (Phi) is 3.55.